The van der Waals surface area contributed by atoms with Crippen molar-refractivity contribution in [1.29, 1.82) is 0 Å². The van der Waals surface area contributed by atoms with Crippen LogP contribution in [0.5, 0.6) is 17.2 Å². The Morgan fingerprint density at radius 3 is 2.95 bits per heavy atom. The molecule has 22 heavy (non-hydrogen) atoms. The van der Waals surface area contributed by atoms with Crippen LogP contribution in [0.25, 0.3) is 0 Å². The Morgan fingerprint density at radius 1 is 1.41 bits per heavy atom. The van der Waals surface area contributed by atoms with Gasteiger partial charge in [-0.25, -0.2) is 4.79 Å². The number of rotatable bonds is 4. The van der Waals surface area contributed by atoms with Crippen LogP contribution in [0.1, 0.15) is 25.5 Å². The molecular formula is C15H17NO6. The van der Waals surface area contributed by atoms with Gasteiger partial charge >= 0.3 is 5.97 Å². The number of carbonyl (C=O) groups excluding carboxylic acids is 1. The molecular weight excluding hydrogens is 290 g/mol. The fourth-order valence-electron chi connectivity index (χ4n) is 2.52. The molecule has 0 N–H and O–H groups in total. The summed E-state index contributed by atoms with van der Waals surface area (Å²) in [6.07, 6.45) is -0.400. The molecule has 0 bridgehead atoms. The Kier molecular flexibility index (Phi) is 3.79. The summed E-state index contributed by atoms with van der Waals surface area (Å²) in [5.41, 5.74) is 1.08. The van der Waals surface area contributed by atoms with E-state index in [0.717, 1.165) is 5.56 Å². The molecule has 0 amide bonds. The van der Waals surface area contributed by atoms with Gasteiger partial charge in [0.1, 0.15) is 0 Å². The van der Waals surface area contributed by atoms with Crippen molar-refractivity contribution in [2.75, 3.05) is 20.5 Å². The van der Waals surface area contributed by atoms with Gasteiger partial charge in [-0.15, -0.1) is 0 Å². The smallest absolute Gasteiger partial charge is 0.356 e. The van der Waals surface area contributed by atoms with E-state index in [0.29, 0.717) is 23.9 Å². The summed E-state index contributed by atoms with van der Waals surface area (Å²) in [7, 11) is 1.56. The lowest BCUT2D eigenvalue weighted by Crippen LogP contribution is -2.24. The molecule has 0 aromatic heterocycles. The monoisotopic (exact) mass is 307 g/mol. The first-order chi connectivity index (χ1) is 10.7. The fraction of sp³-hybridized carbons (Fsp3) is 0.467. The molecule has 0 saturated carbocycles. The number of hydrogen-bond donors (Lipinski definition) is 0. The van der Waals surface area contributed by atoms with E-state index in [-0.39, 0.29) is 18.4 Å². The summed E-state index contributed by atoms with van der Waals surface area (Å²) >= 11 is 0. The number of carbonyl (C=O) groups is 1. The summed E-state index contributed by atoms with van der Waals surface area (Å²) in [5, 5.41) is 3.87. The van der Waals surface area contributed by atoms with Crippen molar-refractivity contribution in [3.8, 4) is 17.2 Å². The first-order valence-corrected chi connectivity index (χ1v) is 7.04. The lowest BCUT2D eigenvalue weighted by Gasteiger charge is -2.16. The zero-order valence-corrected chi connectivity index (χ0v) is 12.6. The van der Waals surface area contributed by atoms with Crippen molar-refractivity contribution in [3.63, 3.8) is 0 Å². The van der Waals surface area contributed by atoms with Crippen molar-refractivity contribution in [2.45, 2.75) is 20.0 Å². The highest BCUT2D eigenvalue weighted by Crippen LogP contribution is 2.45. The minimum absolute atomic E-state index is 0.154. The van der Waals surface area contributed by atoms with Gasteiger partial charge in [-0.2, -0.15) is 0 Å². The fourth-order valence-corrected chi connectivity index (χ4v) is 2.52. The topological polar surface area (TPSA) is 75.6 Å². The highest BCUT2D eigenvalue weighted by Gasteiger charge is 2.38. The minimum Gasteiger partial charge on any atom is -0.493 e. The summed E-state index contributed by atoms with van der Waals surface area (Å²) in [6.45, 7) is 4.07. The van der Waals surface area contributed by atoms with Crippen molar-refractivity contribution in [3.05, 3.63) is 17.7 Å². The van der Waals surface area contributed by atoms with Crippen LogP contribution in [-0.4, -0.2) is 32.2 Å². The second kappa shape index (κ2) is 5.75. The van der Waals surface area contributed by atoms with Gasteiger partial charge in [-0.05, 0) is 19.1 Å². The first kappa shape index (κ1) is 14.5. The largest absolute Gasteiger partial charge is 0.493 e. The number of esters is 1. The average molecular weight is 307 g/mol. The Bertz CT molecular complexity index is 627. The number of benzene rings is 1. The van der Waals surface area contributed by atoms with Gasteiger partial charge in [0.2, 0.25) is 12.5 Å². The average Bonchev–Trinajstić information content (AvgIpc) is 3.12. The van der Waals surface area contributed by atoms with Gasteiger partial charge in [0.05, 0.1) is 19.6 Å². The van der Waals surface area contributed by atoms with Gasteiger partial charge in [0, 0.05) is 5.56 Å². The number of fused-ring (bicyclic) bond motifs is 1. The Hall–Kier alpha value is -2.44. The maximum Gasteiger partial charge on any atom is 0.356 e. The SMILES string of the molecule is CCOC(=O)C1=NO[C@H](c2cc(OC)c3c(c2)OCO3)[C@@H]1C. The zero-order valence-electron chi connectivity index (χ0n) is 12.6. The maximum absolute atomic E-state index is 11.8. The van der Waals surface area contributed by atoms with Crippen LogP contribution in [-0.2, 0) is 14.4 Å². The molecule has 2 aliphatic heterocycles. The number of ether oxygens (including phenoxy) is 4. The van der Waals surface area contributed by atoms with Crippen LogP contribution < -0.4 is 14.2 Å². The molecule has 118 valence electrons. The highest BCUT2D eigenvalue weighted by molar-refractivity contribution is 6.37. The summed E-state index contributed by atoms with van der Waals surface area (Å²) < 4.78 is 21.1. The summed E-state index contributed by atoms with van der Waals surface area (Å²) in [5.74, 6) is 1.04. The lowest BCUT2D eigenvalue weighted by molar-refractivity contribution is -0.135. The highest BCUT2D eigenvalue weighted by atomic mass is 16.7. The number of methoxy groups -OCH3 is 1. The normalized spacial score (nSPS) is 22.0. The molecule has 2 atom stereocenters. The predicted molar refractivity (Wildman–Crippen MR) is 76.2 cm³/mol. The van der Waals surface area contributed by atoms with Crippen LogP contribution in [0.15, 0.2) is 17.3 Å². The number of hydrogen-bond acceptors (Lipinski definition) is 7. The molecule has 2 aliphatic rings. The Morgan fingerprint density at radius 2 is 2.23 bits per heavy atom. The molecule has 7 heteroatoms. The number of oxime groups is 1. The van der Waals surface area contributed by atoms with Crippen LogP contribution in [0, 0.1) is 5.92 Å². The molecule has 0 radical (unpaired) electrons. The van der Waals surface area contributed by atoms with E-state index < -0.39 is 12.1 Å². The van der Waals surface area contributed by atoms with E-state index in [4.69, 9.17) is 23.8 Å². The molecule has 1 aromatic rings. The van der Waals surface area contributed by atoms with Crippen LogP contribution in [0.2, 0.25) is 0 Å². The zero-order chi connectivity index (χ0) is 15.7. The second-order valence-corrected chi connectivity index (χ2v) is 4.97. The third-order valence-corrected chi connectivity index (χ3v) is 3.64. The van der Waals surface area contributed by atoms with Crippen LogP contribution in [0.4, 0.5) is 0 Å². The predicted octanol–water partition coefficient (Wildman–Crippen LogP) is 2.05. The van der Waals surface area contributed by atoms with E-state index in [1.54, 1.807) is 20.1 Å². The Labute approximate surface area is 127 Å². The molecule has 0 aliphatic carbocycles. The molecule has 0 spiro atoms. The van der Waals surface area contributed by atoms with Crippen molar-refractivity contribution in [1.82, 2.24) is 0 Å². The maximum atomic E-state index is 11.8. The van der Waals surface area contributed by atoms with Crippen molar-refractivity contribution in [2.24, 2.45) is 11.1 Å². The standard InChI is InChI=1S/C15H17NO6/c1-4-19-15(17)12-8(2)13(22-16-12)9-5-10(18-3)14-11(6-9)20-7-21-14/h5-6,8,13H,4,7H2,1-3H3/t8-,13+/m1/s1. The second-order valence-electron chi connectivity index (χ2n) is 4.97. The molecule has 0 saturated heterocycles. The van der Waals surface area contributed by atoms with Gasteiger partial charge in [0.25, 0.3) is 0 Å². The molecule has 1 aromatic carbocycles. The van der Waals surface area contributed by atoms with E-state index in [1.807, 2.05) is 13.0 Å². The van der Waals surface area contributed by atoms with E-state index in [1.165, 1.54) is 0 Å². The number of nitrogens with zero attached hydrogens (tertiary/aromatic N) is 1. The first-order valence-electron chi connectivity index (χ1n) is 7.04. The molecule has 3 rings (SSSR count). The quantitative estimate of drug-likeness (QED) is 0.792. The van der Waals surface area contributed by atoms with E-state index >= 15 is 0 Å². The van der Waals surface area contributed by atoms with Gasteiger partial charge in [-0.3, -0.25) is 0 Å². The third kappa shape index (κ3) is 2.32. The summed E-state index contributed by atoms with van der Waals surface area (Å²) in [4.78, 5) is 17.3. The van der Waals surface area contributed by atoms with E-state index in [9.17, 15) is 4.79 Å². The summed E-state index contributed by atoms with van der Waals surface area (Å²) in [6, 6.07) is 3.62. The van der Waals surface area contributed by atoms with Crippen molar-refractivity contribution >= 4 is 11.7 Å². The molecule has 0 unspecified atom stereocenters. The Balaban J connectivity index is 1.86. The van der Waals surface area contributed by atoms with Crippen molar-refractivity contribution < 1.29 is 28.6 Å². The molecule has 2 heterocycles. The molecule has 7 nitrogen and oxygen atoms in total. The lowest BCUT2D eigenvalue weighted by atomic mass is 9.93. The van der Waals surface area contributed by atoms with Crippen LogP contribution >= 0.6 is 0 Å². The van der Waals surface area contributed by atoms with Crippen LogP contribution in [0.3, 0.4) is 0 Å². The third-order valence-electron chi connectivity index (χ3n) is 3.64. The minimum atomic E-state index is -0.454. The van der Waals surface area contributed by atoms with E-state index in [2.05, 4.69) is 5.16 Å². The molecule has 0 fully saturated rings. The van der Waals surface area contributed by atoms with Gasteiger partial charge < -0.3 is 23.8 Å². The van der Waals surface area contributed by atoms with Gasteiger partial charge in [0.15, 0.2) is 23.3 Å². The van der Waals surface area contributed by atoms with Gasteiger partial charge in [-0.1, -0.05) is 12.1 Å².